The van der Waals surface area contributed by atoms with E-state index < -0.39 is 17.8 Å². The standard InChI is InChI=1S/C18H17BrN2O5/c19-13-7-5-12(6-8-13)11-14(17(24)20-9-1-4-16(22)23)21-18(25)15-3-2-10-26-15/h2-3,5-8,10-11H,1,4,9H2,(H,20,24)(H,21,25)(H,22,23)/b14-11+. The fourth-order valence-corrected chi connectivity index (χ4v) is 2.28. The number of carboxylic acid groups (broad SMARTS) is 1. The van der Waals surface area contributed by atoms with Crippen LogP contribution in [0.15, 0.2) is 57.2 Å². The molecule has 0 aliphatic rings. The first-order valence-electron chi connectivity index (χ1n) is 7.78. The molecule has 136 valence electrons. The van der Waals surface area contributed by atoms with Crippen molar-refractivity contribution in [3.63, 3.8) is 0 Å². The largest absolute Gasteiger partial charge is 0.481 e. The Balaban J connectivity index is 2.12. The zero-order valence-electron chi connectivity index (χ0n) is 13.7. The summed E-state index contributed by atoms with van der Waals surface area (Å²) < 4.78 is 5.91. The van der Waals surface area contributed by atoms with E-state index in [1.54, 1.807) is 18.2 Å². The lowest BCUT2D eigenvalue weighted by molar-refractivity contribution is -0.137. The second-order valence-corrected chi connectivity index (χ2v) is 6.21. The molecule has 0 fully saturated rings. The van der Waals surface area contributed by atoms with Crippen molar-refractivity contribution in [3.8, 4) is 0 Å². The summed E-state index contributed by atoms with van der Waals surface area (Å²) in [7, 11) is 0. The Hall–Kier alpha value is -2.87. The van der Waals surface area contributed by atoms with Gasteiger partial charge in [0.15, 0.2) is 5.76 Å². The van der Waals surface area contributed by atoms with Crippen LogP contribution in [0.1, 0.15) is 29.0 Å². The van der Waals surface area contributed by atoms with E-state index in [1.165, 1.54) is 18.4 Å². The van der Waals surface area contributed by atoms with Crippen molar-refractivity contribution < 1.29 is 23.9 Å². The van der Waals surface area contributed by atoms with Crippen LogP contribution in [-0.2, 0) is 9.59 Å². The molecule has 0 bridgehead atoms. The molecule has 0 aliphatic heterocycles. The van der Waals surface area contributed by atoms with Crippen molar-refractivity contribution in [2.45, 2.75) is 12.8 Å². The number of carboxylic acids is 1. The van der Waals surface area contributed by atoms with Crippen LogP contribution in [0.25, 0.3) is 6.08 Å². The van der Waals surface area contributed by atoms with Gasteiger partial charge in [-0.25, -0.2) is 0 Å². The molecule has 2 rings (SSSR count). The third-order valence-corrected chi connectivity index (χ3v) is 3.80. The van der Waals surface area contributed by atoms with Gasteiger partial charge in [0.1, 0.15) is 5.70 Å². The van der Waals surface area contributed by atoms with Crippen molar-refractivity contribution in [1.29, 1.82) is 0 Å². The second-order valence-electron chi connectivity index (χ2n) is 5.29. The molecule has 0 aliphatic carbocycles. The lowest BCUT2D eigenvalue weighted by atomic mass is 10.2. The molecule has 2 amide bonds. The predicted octanol–water partition coefficient (Wildman–Crippen LogP) is 2.79. The molecule has 26 heavy (non-hydrogen) atoms. The molecule has 2 aromatic rings. The Labute approximate surface area is 158 Å². The van der Waals surface area contributed by atoms with Crippen molar-refractivity contribution in [1.82, 2.24) is 10.6 Å². The molecule has 7 nitrogen and oxygen atoms in total. The first-order valence-corrected chi connectivity index (χ1v) is 8.57. The molecular formula is C18H17BrN2O5. The zero-order valence-corrected chi connectivity index (χ0v) is 15.3. The quantitative estimate of drug-likeness (QED) is 0.449. The predicted molar refractivity (Wildman–Crippen MR) is 98.2 cm³/mol. The van der Waals surface area contributed by atoms with E-state index in [2.05, 4.69) is 26.6 Å². The Morgan fingerprint density at radius 2 is 1.88 bits per heavy atom. The molecule has 1 heterocycles. The van der Waals surface area contributed by atoms with Crippen LogP contribution in [0.3, 0.4) is 0 Å². The van der Waals surface area contributed by atoms with Crippen LogP contribution in [0.2, 0.25) is 0 Å². The van der Waals surface area contributed by atoms with Crippen LogP contribution in [-0.4, -0.2) is 29.4 Å². The average Bonchev–Trinajstić information content (AvgIpc) is 3.14. The maximum Gasteiger partial charge on any atom is 0.303 e. The van der Waals surface area contributed by atoms with Crippen molar-refractivity contribution in [3.05, 3.63) is 64.2 Å². The smallest absolute Gasteiger partial charge is 0.303 e. The van der Waals surface area contributed by atoms with Crippen LogP contribution >= 0.6 is 15.9 Å². The Morgan fingerprint density at radius 3 is 2.50 bits per heavy atom. The number of carbonyl (C=O) groups excluding carboxylic acids is 2. The minimum atomic E-state index is -0.934. The molecule has 0 spiro atoms. The van der Waals surface area contributed by atoms with Gasteiger partial charge in [-0.05, 0) is 42.3 Å². The summed E-state index contributed by atoms with van der Waals surface area (Å²) in [6, 6.07) is 10.2. The number of furan rings is 1. The van der Waals surface area contributed by atoms with Gasteiger partial charge in [0.25, 0.3) is 11.8 Å². The summed E-state index contributed by atoms with van der Waals surface area (Å²) in [4.78, 5) is 35.1. The van der Waals surface area contributed by atoms with Gasteiger partial charge in [0.05, 0.1) is 6.26 Å². The minimum absolute atomic E-state index is 0.0315. The number of amides is 2. The van der Waals surface area contributed by atoms with Crippen molar-refractivity contribution in [2.75, 3.05) is 6.54 Å². The summed E-state index contributed by atoms with van der Waals surface area (Å²) in [5, 5.41) is 13.7. The van der Waals surface area contributed by atoms with Crippen LogP contribution in [0, 0.1) is 0 Å². The number of hydrogen-bond donors (Lipinski definition) is 3. The fourth-order valence-electron chi connectivity index (χ4n) is 2.01. The summed E-state index contributed by atoms with van der Waals surface area (Å²) >= 11 is 3.33. The highest BCUT2D eigenvalue weighted by Crippen LogP contribution is 2.13. The summed E-state index contributed by atoms with van der Waals surface area (Å²) in [5.74, 6) is -1.93. The maximum absolute atomic E-state index is 12.4. The molecule has 0 saturated carbocycles. The van der Waals surface area contributed by atoms with Gasteiger partial charge in [-0.2, -0.15) is 0 Å². The van der Waals surface area contributed by atoms with Gasteiger partial charge < -0.3 is 20.2 Å². The summed E-state index contributed by atoms with van der Waals surface area (Å²) in [6.07, 6.45) is 3.13. The molecule has 8 heteroatoms. The lowest BCUT2D eigenvalue weighted by Gasteiger charge is -2.10. The van der Waals surface area contributed by atoms with Gasteiger partial charge in [-0.15, -0.1) is 0 Å². The van der Waals surface area contributed by atoms with Gasteiger partial charge >= 0.3 is 5.97 Å². The number of carbonyl (C=O) groups is 3. The first-order chi connectivity index (χ1) is 12.5. The van der Waals surface area contributed by atoms with E-state index in [0.29, 0.717) is 12.0 Å². The van der Waals surface area contributed by atoms with E-state index in [1.807, 2.05) is 12.1 Å². The van der Waals surface area contributed by atoms with Gasteiger partial charge in [-0.1, -0.05) is 28.1 Å². The highest BCUT2D eigenvalue weighted by Gasteiger charge is 2.16. The SMILES string of the molecule is O=C(O)CCCNC(=O)/C(=C\c1ccc(Br)cc1)NC(=O)c1ccco1. The van der Waals surface area contributed by atoms with Gasteiger partial charge in [0.2, 0.25) is 0 Å². The normalized spacial score (nSPS) is 11.0. The number of aliphatic carboxylic acids is 1. The van der Waals surface area contributed by atoms with E-state index >= 15 is 0 Å². The van der Waals surface area contributed by atoms with Crippen LogP contribution < -0.4 is 10.6 Å². The minimum Gasteiger partial charge on any atom is -0.481 e. The second kappa shape index (κ2) is 9.57. The van der Waals surface area contributed by atoms with E-state index in [0.717, 1.165) is 4.47 Å². The molecule has 0 saturated heterocycles. The zero-order chi connectivity index (χ0) is 18.9. The summed E-state index contributed by atoms with van der Waals surface area (Å²) in [5.41, 5.74) is 0.743. The first kappa shape index (κ1) is 19.5. The molecule has 0 atom stereocenters. The number of nitrogens with one attached hydrogen (secondary N) is 2. The molecule has 3 N–H and O–H groups in total. The Bertz CT molecular complexity index is 797. The summed E-state index contributed by atoms with van der Waals surface area (Å²) in [6.45, 7) is 0.180. The average molecular weight is 421 g/mol. The molecule has 0 unspecified atom stereocenters. The van der Waals surface area contributed by atoms with E-state index in [-0.39, 0.29) is 24.4 Å². The number of halogens is 1. The van der Waals surface area contributed by atoms with Crippen molar-refractivity contribution >= 4 is 39.8 Å². The Morgan fingerprint density at radius 1 is 1.15 bits per heavy atom. The Kier molecular flexibility index (Phi) is 7.16. The van der Waals surface area contributed by atoms with Gasteiger partial charge in [-0.3, -0.25) is 14.4 Å². The maximum atomic E-state index is 12.4. The number of hydrogen-bond acceptors (Lipinski definition) is 4. The number of rotatable bonds is 8. The molecule has 1 aromatic heterocycles. The van der Waals surface area contributed by atoms with Crippen LogP contribution in [0.5, 0.6) is 0 Å². The monoisotopic (exact) mass is 420 g/mol. The third-order valence-electron chi connectivity index (χ3n) is 3.27. The van der Waals surface area contributed by atoms with Crippen molar-refractivity contribution in [2.24, 2.45) is 0 Å². The third kappa shape index (κ3) is 6.21. The molecule has 1 aromatic carbocycles. The highest BCUT2D eigenvalue weighted by molar-refractivity contribution is 9.10. The molecular weight excluding hydrogens is 404 g/mol. The topological polar surface area (TPSA) is 109 Å². The van der Waals surface area contributed by atoms with Gasteiger partial charge in [0, 0.05) is 17.4 Å². The lowest BCUT2D eigenvalue weighted by Crippen LogP contribution is -2.35. The number of benzene rings is 1. The fraction of sp³-hybridized carbons (Fsp3) is 0.167. The van der Waals surface area contributed by atoms with E-state index in [4.69, 9.17) is 9.52 Å². The molecule has 0 radical (unpaired) electrons. The van der Waals surface area contributed by atoms with Crippen LogP contribution in [0.4, 0.5) is 0 Å². The van der Waals surface area contributed by atoms with E-state index in [9.17, 15) is 14.4 Å². The highest BCUT2D eigenvalue weighted by atomic mass is 79.9.